The minimum atomic E-state index is -0.982. The number of aromatic nitrogens is 2. The normalized spacial score (nSPS) is 10.5. The van der Waals surface area contributed by atoms with Gasteiger partial charge in [-0.15, -0.1) is 0 Å². The van der Waals surface area contributed by atoms with Gasteiger partial charge >= 0.3 is 5.97 Å². The van der Waals surface area contributed by atoms with Gasteiger partial charge in [0.25, 0.3) is 5.91 Å². The fourth-order valence-electron chi connectivity index (χ4n) is 2.65. The molecule has 0 atom stereocenters. The summed E-state index contributed by atoms with van der Waals surface area (Å²) in [7, 11) is 1.52. The van der Waals surface area contributed by atoms with Crippen molar-refractivity contribution in [1.29, 1.82) is 0 Å². The first-order valence-corrected chi connectivity index (χ1v) is 8.62. The molecular formula is C20H19N3O5. The molecule has 1 aromatic heterocycles. The predicted octanol–water partition coefficient (Wildman–Crippen LogP) is 3.19. The number of anilines is 1. The molecule has 2 N–H and O–H groups in total. The molecule has 0 aliphatic carbocycles. The van der Waals surface area contributed by atoms with E-state index in [4.69, 9.17) is 14.4 Å². The van der Waals surface area contributed by atoms with Crippen LogP contribution in [0.5, 0.6) is 5.75 Å². The van der Waals surface area contributed by atoms with E-state index in [1.807, 2.05) is 6.92 Å². The molecule has 0 unspecified atom stereocenters. The third-order valence-corrected chi connectivity index (χ3v) is 3.97. The number of nitrogens with zero attached hydrogens (tertiary/aromatic N) is 2. The number of carbonyl (C=O) groups is 2. The summed E-state index contributed by atoms with van der Waals surface area (Å²) < 4.78 is 10.3. The Kier molecular flexibility index (Phi) is 5.69. The molecule has 0 bridgehead atoms. The molecule has 3 aromatic rings. The topological polar surface area (TPSA) is 115 Å². The lowest BCUT2D eigenvalue weighted by Crippen LogP contribution is -2.12. The van der Waals surface area contributed by atoms with Crippen molar-refractivity contribution in [2.75, 3.05) is 12.4 Å². The number of carboxylic acids is 1. The standard InChI is InChI=1S/C20H19N3O5/c1-3-17-22-19(23-28-17)14-7-12(9-18(24)25)8-15(10-14)21-20(26)13-5-4-6-16(11-13)27-2/h4-8,10-11H,3,9H2,1-2H3,(H,21,26)(H,24,25). The number of benzene rings is 2. The van der Waals surface area contributed by atoms with Gasteiger partial charge in [-0.1, -0.05) is 18.1 Å². The smallest absolute Gasteiger partial charge is 0.307 e. The molecule has 0 aliphatic heterocycles. The molecule has 8 heteroatoms. The molecule has 0 fully saturated rings. The first-order chi connectivity index (χ1) is 13.5. The molecule has 0 saturated carbocycles. The Balaban J connectivity index is 1.93. The molecule has 0 spiro atoms. The van der Waals surface area contributed by atoms with E-state index >= 15 is 0 Å². The number of aliphatic carboxylic acids is 1. The number of amides is 1. The molecule has 1 heterocycles. The summed E-state index contributed by atoms with van der Waals surface area (Å²) in [5.41, 5.74) is 1.92. The fourth-order valence-corrected chi connectivity index (χ4v) is 2.65. The largest absolute Gasteiger partial charge is 0.497 e. The van der Waals surface area contributed by atoms with Crippen LogP contribution in [0, 0.1) is 0 Å². The maximum atomic E-state index is 12.6. The first kappa shape index (κ1) is 19.1. The van der Waals surface area contributed by atoms with Crippen molar-refractivity contribution in [3.05, 3.63) is 59.5 Å². The molecule has 1 amide bonds. The Morgan fingerprint density at radius 2 is 2.04 bits per heavy atom. The number of carboxylic acid groups (broad SMARTS) is 1. The van der Waals surface area contributed by atoms with Crippen LogP contribution in [0.2, 0.25) is 0 Å². The average Bonchev–Trinajstić information content (AvgIpc) is 3.16. The predicted molar refractivity (Wildman–Crippen MR) is 101 cm³/mol. The minimum absolute atomic E-state index is 0.200. The average molecular weight is 381 g/mol. The number of carbonyl (C=O) groups excluding carboxylic acids is 1. The van der Waals surface area contributed by atoms with Gasteiger partial charge in [-0.05, 0) is 42.0 Å². The van der Waals surface area contributed by atoms with Crippen LogP contribution < -0.4 is 10.1 Å². The van der Waals surface area contributed by atoms with E-state index in [2.05, 4.69) is 15.5 Å². The highest BCUT2D eigenvalue weighted by molar-refractivity contribution is 6.04. The second kappa shape index (κ2) is 8.34. The summed E-state index contributed by atoms with van der Waals surface area (Å²) in [5, 5.41) is 15.8. The third kappa shape index (κ3) is 4.53. The second-order valence-electron chi connectivity index (χ2n) is 6.04. The molecule has 0 aliphatic rings. The molecular weight excluding hydrogens is 362 g/mol. The van der Waals surface area contributed by atoms with Crippen molar-refractivity contribution >= 4 is 17.6 Å². The lowest BCUT2D eigenvalue weighted by Gasteiger charge is -2.10. The van der Waals surface area contributed by atoms with E-state index in [0.717, 1.165) is 0 Å². The van der Waals surface area contributed by atoms with Crippen LogP contribution >= 0.6 is 0 Å². The van der Waals surface area contributed by atoms with E-state index in [-0.39, 0.29) is 12.3 Å². The number of aryl methyl sites for hydroxylation is 1. The summed E-state index contributed by atoms with van der Waals surface area (Å²) in [4.78, 5) is 28.0. The summed E-state index contributed by atoms with van der Waals surface area (Å²) >= 11 is 0. The molecule has 8 nitrogen and oxygen atoms in total. The maximum absolute atomic E-state index is 12.6. The SMILES string of the molecule is CCc1nc(-c2cc(CC(=O)O)cc(NC(=O)c3cccc(OC)c3)c2)no1. The van der Waals surface area contributed by atoms with Crippen LogP contribution in [0.1, 0.15) is 28.7 Å². The van der Waals surface area contributed by atoms with Gasteiger partial charge in [0.15, 0.2) is 0 Å². The second-order valence-corrected chi connectivity index (χ2v) is 6.04. The van der Waals surface area contributed by atoms with Gasteiger partial charge in [0.2, 0.25) is 11.7 Å². The van der Waals surface area contributed by atoms with Gasteiger partial charge in [-0.2, -0.15) is 4.98 Å². The number of hydrogen-bond acceptors (Lipinski definition) is 6. The van der Waals surface area contributed by atoms with Gasteiger partial charge in [-0.3, -0.25) is 9.59 Å². The third-order valence-electron chi connectivity index (χ3n) is 3.97. The van der Waals surface area contributed by atoms with Crippen molar-refractivity contribution < 1.29 is 24.0 Å². The minimum Gasteiger partial charge on any atom is -0.497 e. The molecule has 0 radical (unpaired) electrons. The first-order valence-electron chi connectivity index (χ1n) is 8.62. The maximum Gasteiger partial charge on any atom is 0.307 e. The fraction of sp³-hybridized carbons (Fsp3) is 0.200. The molecule has 144 valence electrons. The van der Waals surface area contributed by atoms with Gasteiger partial charge in [0.1, 0.15) is 5.75 Å². The highest BCUT2D eigenvalue weighted by Crippen LogP contribution is 2.24. The van der Waals surface area contributed by atoms with E-state index in [1.165, 1.54) is 7.11 Å². The zero-order valence-corrected chi connectivity index (χ0v) is 15.4. The summed E-state index contributed by atoms with van der Waals surface area (Å²) in [6, 6.07) is 11.7. The van der Waals surface area contributed by atoms with E-state index in [1.54, 1.807) is 42.5 Å². The van der Waals surface area contributed by atoms with Crippen LogP contribution in [-0.2, 0) is 17.6 Å². The number of hydrogen-bond donors (Lipinski definition) is 2. The summed E-state index contributed by atoms with van der Waals surface area (Å²) in [6.45, 7) is 1.89. The van der Waals surface area contributed by atoms with Crippen LogP contribution in [-0.4, -0.2) is 34.2 Å². The van der Waals surface area contributed by atoms with Gasteiger partial charge < -0.3 is 19.7 Å². The van der Waals surface area contributed by atoms with Crippen LogP contribution in [0.4, 0.5) is 5.69 Å². The van der Waals surface area contributed by atoms with E-state index < -0.39 is 5.97 Å². The van der Waals surface area contributed by atoms with Gasteiger partial charge in [0, 0.05) is 23.2 Å². The molecule has 3 rings (SSSR count). The lowest BCUT2D eigenvalue weighted by atomic mass is 10.1. The van der Waals surface area contributed by atoms with Crippen molar-refractivity contribution in [3.8, 4) is 17.1 Å². The highest BCUT2D eigenvalue weighted by atomic mass is 16.5. The monoisotopic (exact) mass is 381 g/mol. The van der Waals surface area contributed by atoms with Crippen molar-refractivity contribution in [3.63, 3.8) is 0 Å². The highest BCUT2D eigenvalue weighted by Gasteiger charge is 2.14. The van der Waals surface area contributed by atoms with Crippen molar-refractivity contribution in [2.45, 2.75) is 19.8 Å². The van der Waals surface area contributed by atoms with Gasteiger partial charge in [0.05, 0.1) is 13.5 Å². The van der Waals surface area contributed by atoms with Crippen LogP contribution in [0.25, 0.3) is 11.4 Å². The molecule has 28 heavy (non-hydrogen) atoms. The van der Waals surface area contributed by atoms with Gasteiger partial charge in [-0.25, -0.2) is 0 Å². The summed E-state index contributed by atoms with van der Waals surface area (Å²) in [6.07, 6.45) is 0.385. The van der Waals surface area contributed by atoms with Crippen molar-refractivity contribution in [2.24, 2.45) is 0 Å². The number of nitrogens with one attached hydrogen (secondary N) is 1. The quantitative estimate of drug-likeness (QED) is 0.646. The lowest BCUT2D eigenvalue weighted by molar-refractivity contribution is -0.136. The van der Waals surface area contributed by atoms with E-state index in [0.29, 0.717) is 46.3 Å². The van der Waals surface area contributed by atoms with Crippen LogP contribution in [0.3, 0.4) is 0 Å². The zero-order chi connectivity index (χ0) is 20.1. The zero-order valence-electron chi connectivity index (χ0n) is 15.4. The Labute approximate surface area is 161 Å². The number of ether oxygens (including phenoxy) is 1. The Bertz CT molecular complexity index is 1010. The number of rotatable bonds is 7. The Hall–Kier alpha value is -3.68. The molecule has 0 saturated heterocycles. The van der Waals surface area contributed by atoms with E-state index in [9.17, 15) is 9.59 Å². The number of methoxy groups -OCH3 is 1. The van der Waals surface area contributed by atoms with Crippen LogP contribution in [0.15, 0.2) is 47.0 Å². The Morgan fingerprint density at radius 1 is 1.21 bits per heavy atom. The van der Waals surface area contributed by atoms with Crippen molar-refractivity contribution in [1.82, 2.24) is 10.1 Å². The molecule has 2 aromatic carbocycles. The summed E-state index contributed by atoms with van der Waals surface area (Å²) in [5.74, 6) is 0.0395. The Morgan fingerprint density at radius 3 is 2.71 bits per heavy atom.